The first-order chi connectivity index (χ1) is 11.7. The predicted octanol–water partition coefficient (Wildman–Crippen LogP) is 1.26. The first-order valence-corrected chi connectivity index (χ1v) is 7.98. The molecule has 0 N–H and O–H groups in total. The first kappa shape index (κ1) is 16.3. The van der Waals surface area contributed by atoms with Gasteiger partial charge in [0.15, 0.2) is 0 Å². The van der Waals surface area contributed by atoms with Crippen LogP contribution in [-0.2, 0) is 11.3 Å². The van der Waals surface area contributed by atoms with Gasteiger partial charge >= 0.3 is 0 Å². The van der Waals surface area contributed by atoms with Crippen LogP contribution >= 0.6 is 0 Å². The van der Waals surface area contributed by atoms with E-state index in [0.717, 1.165) is 18.4 Å². The second-order valence-electron chi connectivity index (χ2n) is 5.71. The van der Waals surface area contributed by atoms with Crippen molar-refractivity contribution >= 4 is 5.91 Å². The SMILES string of the molecule is COCCn1nc(C(=O)N2CCCC2c2ccncc2)ccc1=O. The van der Waals surface area contributed by atoms with E-state index in [1.54, 1.807) is 19.5 Å². The first-order valence-electron chi connectivity index (χ1n) is 7.98. The topological polar surface area (TPSA) is 77.3 Å². The Balaban J connectivity index is 1.84. The highest BCUT2D eigenvalue weighted by molar-refractivity contribution is 5.92. The number of rotatable bonds is 5. The Morgan fingerprint density at radius 1 is 1.29 bits per heavy atom. The van der Waals surface area contributed by atoms with Crippen LogP contribution in [0, 0.1) is 0 Å². The molecule has 1 aliphatic heterocycles. The minimum absolute atomic E-state index is 0.0293. The molecule has 1 atom stereocenters. The number of methoxy groups -OCH3 is 1. The Hall–Kier alpha value is -2.54. The van der Waals surface area contributed by atoms with Crippen molar-refractivity contribution in [2.75, 3.05) is 20.3 Å². The normalized spacial score (nSPS) is 17.2. The van der Waals surface area contributed by atoms with E-state index in [2.05, 4.69) is 10.1 Å². The van der Waals surface area contributed by atoms with Crippen LogP contribution in [0.15, 0.2) is 41.5 Å². The standard InChI is InChI=1S/C17H20N4O3/c1-24-12-11-21-16(22)5-4-14(19-21)17(23)20-10-2-3-15(20)13-6-8-18-9-7-13/h4-9,15H,2-3,10-12H2,1H3. The lowest BCUT2D eigenvalue weighted by Crippen LogP contribution is -2.34. The molecule has 0 spiro atoms. The fourth-order valence-corrected chi connectivity index (χ4v) is 2.99. The van der Waals surface area contributed by atoms with Crippen LogP contribution < -0.4 is 5.56 Å². The van der Waals surface area contributed by atoms with E-state index in [1.165, 1.54) is 16.8 Å². The minimum atomic E-state index is -0.240. The quantitative estimate of drug-likeness (QED) is 0.826. The van der Waals surface area contributed by atoms with Gasteiger partial charge in [-0.15, -0.1) is 0 Å². The number of hydrogen-bond donors (Lipinski definition) is 0. The lowest BCUT2D eigenvalue weighted by atomic mass is 10.1. The third-order valence-corrected chi connectivity index (χ3v) is 4.20. The van der Waals surface area contributed by atoms with Gasteiger partial charge in [-0.05, 0) is 36.6 Å². The van der Waals surface area contributed by atoms with Crippen molar-refractivity contribution in [3.8, 4) is 0 Å². The van der Waals surface area contributed by atoms with E-state index in [1.807, 2.05) is 17.0 Å². The van der Waals surface area contributed by atoms with Crippen LogP contribution in [0.2, 0.25) is 0 Å². The third kappa shape index (κ3) is 3.35. The predicted molar refractivity (Wildman–Crippen MR) is 87.6 cm³/mol. The Labute approximate surface area is 139 Å². The fraction of sp³-hybridized carbons (Fsp3) is 0.412. The van der Waals surface area contributed by atoms with Crippen molar-refractivity contribution in [2.45, 2.75) is 25.4 Å². The molecule has 0 aromatic carbocycles. The summed E-state index contributed by atoms with van der Waals surface area (Å²) >= 11 is 0. The molecular formula is C17H20N4O3. The molecule has 1 fully saturated rings. The van der Waals surface area contributed by atoms with Crippen LogP contribution in [0.25, 0.3) is 0 Å². The molecule has 24 heavy (non-hydrogen) atoms. The van der Waals surface area contributed by atoms with Gasteiger partial charge in [0, 0.05) is 32.1 Å². The van der Waals surface area contributed by atoms with Gasteiger partial charge in [0.05, 0.1) is 19.2 Å². The second kappa shape index (κ2) is 7.35. The molecule has 0 bridgehead atoms. The number of amides is 1. The van der Waals surface area contributed by atoms with Gasteiger partial charge < -0.3 is 9.64 Å². The van der Waals surface area contributed by atoms with E-state index in [0.29, 0.717) is 19.7 Å². The Kier molecular flexibility index (Phi) is 5.00. The van der Waals surface area contributed by atoms with Crippen LogP contribution in [0.4, 0.5) is 0 Å². The largest absolute Gasteiger partial charge is 0.383 e. The fourth-order valence-electron chi connectivity index (χ4n) is 2.99. The van der Waals surface area contributed by atoms with Crippen LogP contribution in [0.3, 0.4) is 0 Å². The molecule has 1 unspecified atom stereocenters. The van der Waals surface area contributed by atoms with Gasteiger partial charge in [-0.1, -0.05) is 0 Å². The number of carbonyl (C=O) groups is 1. The summed E-state index contributed by atoms with van der Waals surface area (Å²) in [6.45, 7) is 1.38. The number of likely N-dealkylation sites (tertiary alicyclic amines) is 1. The molecular weight excluding hydrogens is 308 g/mol. The molecule has 7 heteroatoms. The highest BCUT2D eigenvalue weighted by Crippen LogP contribution is 2.32. The molecule has 126 valence electrons. The number of hydrogen-bond acceptors (Lipinski definition) is 5. The molecule has 1 saturated heterocycles. The highest BCUT2D eigenvalue weighted by Gasteiger charge is 2.31. The van der Waals surface area contributed by atoms with Crippen LogP contribution in [0.5, 0.6) is 0 Å². The van der Waals surface area contributed by atoms with Crippen molar-refractivity contribution in [3.05, 3.63) is 58.3 Å². The van der Waals surface area contributed by atoms with Crippen molar-refractivity contribution in [3.63, 3.8) is 0 Å². The molecule has 1 amide bonds. The lowest BCUT2D eigenvalue weighted by Gasteiger charge is -2.24. The van der Waals surface area contributed by atoms with Crippen LogP contribution in [-0.4, -0.2) is 45.8 Å². The van der Waals surface area contributed by atoms with E-state index < -0.39 is 0 Å². The van der Waals surface area contributed by atoms with Crippen molar-refractivity contribution < 1.29 is 9.53 Å². The van der Waals surface area contributed by atoms with Gasteiger partial charge in [0.25, 0.3) is 11.5 Å². The van der Waals surface area contributed by atoms with Gasteiger partial charge in [-0.3, -0.25) is 14.6 Å². The number of aromatic nitrogens is 3. The van der Waals surface area contributed by atoms with E-state index in [4.69, 9.17) is 4.74 Å². The molecule has 2 aromatic rings. The minimum Gasteiger partial charge on any atom is -0.383 e. The summed E-state index contributed by atoms with van der Waals surface area (Å²) < 4.78 is 6.25. The maximum Gasteiger partial charge on any atom is 0.274 e. The van der Waals surface area contributed by atoms with Crippen LogP contribution in [0.1, 0.15) is 34.9 Å². The zero-order chi connectivity index (χ0) is 16.9. The van der Waals surface area contributed by atoms with Gasteiger partial charge in [-0.25, -0.2) is 4.68 Å². The summed E-state index contributed by atoms with van der Waals surface area (Å²) in [7, 11) is 1.56. The summed E-state index contributed by atoms with van der Waals surface area (Å²) in [5, 5.41) is 4.20. The van der Waals surface area contributed by atoms with Gasteiger partial charge in [0.2, 0.25) is 0 Å². The third-order valence-electron chi connectivity index (χ3n) is 4.20. The Morgan fingerprint density at radius 3 is 2.83 bits per heavy atom. The monoisotopic (exact) mass is 328 g/mol. The van der Waals surface area contributed by atoms with Gasteiger partial charge in [-0.2, -0.15) is 5.10 Å². The average molecular weight is 328 g/mol. The summed E-state index contributed by atoms with van der Waals surface area (Å²) in [5.74, 6) is -0.152. The molecule has 3 rings (SSSR count). The highest BCUT2D eigenvalue weighted by atomic mass is 16.5. The second-order valence-corrected chi connectivity index (χ2v) is 5.71. The number of carbonyl (C=O) groups excluding carboxylic acids is 1. The average Bonchev–Trinajstić information content (AvgIpc) is 3.11. The summed E-state index contributed by atoms with van der Waals surface area (Å²) in [6.07, 6.45) is 5.33. The van der Waals surface area contributed by atoms with Crippen molar-refractivity contribution in [1.29, 1.82) is 0 Å². The number of pyridine rings is 1. The van der Waals surface area contributed by atoms with E-state index in [9.17, 15) is 9.59 Å². The Morgan fingerprint density at radius 2 is 2.08 bits per heavy atom. The maximum absolute atomic E-state index is 12.9. The van der Waals surface area contributed by atoms with E-state index >= 15 is 0 Å². The zero-order valence-corrected chi connectivity index (χ0v) is 13.6. The van der Waals surface area contributed by atoms with Gasteiger partial charge in [0.1, 0.15) is 5.69 Å². The molecule has 0 aliphatic carbocycles. The Bertz CT molecular complexity index is 760. The number of nitrogens with zero attached hydrogens (tertiary/aromatic N) is 4. The van der Waals surface area contributed by atoms with Crippen molar-refractivity contribution in [2.24, 2.45) is 0 Å². The molecule has 0 saturated carbocycles. The molecule has 3 heterocycles. The smallest absolute Gasteiger partial charge is 0.274 e. The summed E-state index contributed by atoms with van der Waals surface area (Å²) in [4.78, 5) is 30.5. The zero-order valence-electron chi connectivity index (χ0n) is 13.6. The molecule has 2 aromatic heterocycles. The van der Waals surface area contributed by atoms with E-state index in [-0.39, 0.29) is 23.2 Å². The molecule has 0 radical (unpaired) electrons. The summed E-state index contributed by atoms with van der Waals surface area (Å²) in [5.41, 5.74) is 1.12. The number of ether oxygens (including phenoxy) is 1. The molecule has 7 nitrogen and oxygen atoms in total. The summed E-state index contributed by atoms with van der Waals surface area (Å²) in [6, 6.07) is 6.78. The van der Waals surface area contributed by atoms with Crippen molar-refractivity contribution in [1.82, 2.24) is 19.7 Å². The lowest BCUT2D eigenvalue weighted by molar-refractivity contribution is 0.0725. The maximum atomic E-state index is 12.9. The molecule has 1 aliphatic rings.